The third kappa shape index (κ3) is 7.54. The van der Waals surface area contributed by atoms with Crippen LogP contribution in [0.3, 0.4) is 0 Å². The predicted molar refractivity (Wildman–Crippen MR) is 166 cm³/mol. The molecule has 2 N–H and O–H groups in total. The van der Waals surface area contributed by atoms with Crippen LogP contribution in [-0.2, 0) is 4.74 Å². The van der Waals surface area contributed by atoms with Crippen LogP contribution >= 0.6 is 0 Å². The molecule has 218 valence electrons. The molecule has 10 atom stereocenters. The maximum Gasteiger partial charge on any atom is 0.0616 e. The van der Waals surface area contributed by atoms with E-state index in [4.69, 9.17) is 4.74 Å². The Morgan fingerprint density at radius 1 is 0.923 bits per heavy atom. The van der Waals surface area contributed by atoms with Gasteiger partial charge >= 0.3 is 0 Å². The van der Waals surface area contributed by atoms with Crippen LogP contribution < -0.4 is 0 Å². The van der Waals surface area contributed by atoms with Crippen molar-refractivity contribution >= 4 is 0 Å². The zero-order chi connectivity index (χ0) is 30.4. The van der Waals surface area contributed by atoms with E-state index in [1.165, 1.54) is 38.5 Å². The Balaban J connectivity index is 0.00000131. The summed E-state index contributed by atoms with van der Waals surface area (Å²) < 4.78 is 6.63. The first-order valence-corrected chi connectivity index (χ1v) is 14.8. The smallest absolute Gasteiger partial charge is 0.0616 e. The number of ether oxygens (including phenoxy) is 1. The van der Waals surface area contributed by atoms with Gasteiger partial charge in [-0.05, 0) is 105 Å². The van der Waals surface area contributed by atoms with E-state index in [1.54, 1.807) is 5.57 Å². The molecule has 5 rings (SSSR count). The monoisotopic (exact) mass is 536 g/mol. The van der Waals surface area contributed by atoms with Gasteiger partial charge in [-0.2, -0.15) is 0 Å². The van der Waals surface area contributed by atoms with Crippen molar-refractivity contribution < 1.29 is 14.9 Å². The molecule has 39 heavy (non-hydrogen) atoms. The predicted octanol–water partition coefficient (Wildman–Crippen LogP) is 7.13. The van der Waals surface area contributed by atoms with Crippen LogP contribution in [0, 0.1) is 91.8 Å². The molecule has 0 spiro atoms. The standard InChI is InChI=1S/C26H42O3.C2H6.4C2H2/c1-16(15-27)4-6-19-13-23-24(29-19)14-22-20-7-5-17-12-18(28)8-10-25(17,2)21(20)9-11-26(22,23)3;5*1-2/h5,16,18-24,27-28H,4,6-15H2,1-3H3;1-2H3;4*1-2H/t16-,18+,19-,20-,21?,22?,23?,24?,25+,26+;;;;;/m1...../s1. The maximum absolute atomic E-state index is 10.2. The molecule has 1 aliphatic heterocycles. The van der Waals surface area contributed by atoms with Crippen molar-refractivity contribution in [3.63, 3.8) is 0 Å². The Labute approximate surface area is 242 Å². The van der Waals surface area contributed by atoms with Gasteiger partial charge in [-0.3, -0.25) is 0 Å². The first-order chi connectivity index (χ1) is 18.8. The molecule has 4 fully saturated rings. The van der Waals surface area contributed by atoms with Crippen LogP contribution in [0.5, 0.6) is 0 Å². The van der Waals surface area contributed by atoms with Gasteiger partial charge in [0.05, 0.1) is 18.3 Å². The van der Waals surface area contributed by atoms with Gasteiger partial charge in [-0.15, -0.1) is 51.4 Å². The minimum atomic E-state index is -0.107. The van der Waals surface area contributed by atoms with Gasteiger partial charge in [-0.1, -0.05) is 46.3 Å². The number of hydrogen-bond acceptors (Lipinski definition) is 3. The van der Waals surface area contributed by atoms with Crippen molar-refractivity contribution in [1.29, 1.82) is 0 Å². The van der Waals surface area contributed by atoms with Crippen molar-refractivity contribution in [2.24, 2.45) is 40.4 Å². The van der Waals surface area contributed by atoms with E-state index in [0.29, 0.717) is 35.6 Å². The Hall–Kier alpha value is -2.14. The molecule has 0 amide bonds. The van der Waals surface area contributed by atoms with Gasteiger partial charge in [0.25, 0.3) is 0 Å². The lowest BCUT2D eigenvalue weighted by molar-refractivity contribution is -0.0516. The third-order valence-corrected chi connectivity index (χ3v) is 10.5. The normalized spacial score (nSPS) is 39.2. The van der Waals surface area contributed by atoms with E-state index in [-0.39, 0.29) is 6.10 Å². The van der Waals surface area contributed by atoms with E-state index in [0.717, 1.165) is 49.4 Å². The first kappa shape index (κ1) is 36.9. The molecule has 0 aromatic rings. The van der Waals surface area contributed by atoms with Crippen LogP contribution in [0.4, 0.5) is 0 Å². The van der Waals surface area contributed by atoms with E-state index >= 15 is 0 Å². The summed E-state index contributed by atoms with van der Waals surface area (Å²) >= 11 is 0. The third-order valence-electron chi connectivity index (χ3n) is 10.5. The van der Waals surface area contributed by atoms with Gasteiger partial charge in [0.1, 0.15) is 0 Å². The molecule has 5 aliphatic rings. The SMILES string of the molecule is C#C.C#C.C#C.C#C.CC.C[C@@H](CO)CC[C@@H]1CC2C(CC3[C@@H]4CC=C5C[C@@H](O)CC[C@]5(C)C4CC[C@]23C)O1. The summed E-state index contributed by atoms with van der Waals surface area (Å²) in [5.74, 6) is 3.59. The van der Waals surface area contributed by atoms with Crippen molar-refractivity contribution in [2.45, 2.75) is 117 Å². The quantitative estimate of drug-likeness (QED) is 0.297. The highest BCUT2D eigenvalue weighted by Crippen LogP contribution is 2.68. The van der Waals surface area contributed by atoms with E-state index in [9.17, 15) is 10.2 Å². The summed E-state index contributed by atoms with van der Waals surface area (Å²) in [5.41, 5.74) is 2.37. The number of allylic oxidation sites excluding steroid dienone is 1. The van der Waals surface area contributed by atoms with Crippen molar-refractivity contribution in [1.82, 2.24) is 0 Å². The number of aliphatic hydroxyl groups is 2. The summed E-state index contributed by atoms with van der Waals surface area (Å²) in [5, 5.41) is 19.5. The fourth-order valence-corrected chi connectivity index (χ4v) is 8.64. The van der Waals surface area contributed by atoms with Crippen molar-refractivity contribution in [2.75, 3.05) is 6.61 Å². The molecule has 4 aliphatic carbocycles. The van der Waals surface area contributed by atoms with Gasteiger partial charge < -0.3 is 14.9 Å². The highest BCUT2D eigenvalue weighted by Gasteiger charge is 2.63. The minimum Gasteiger partial charge on any atom is -0.396 e. The zero-order valence-corrected chi connectivity index (χ0v) is 25.4. The van der Waals surface area contributed by atoms with Gasteiger partial charge in [0.2, 0.25) is 0 Å². The molecule has 0 aromatic heterocycles. The van der Waals surface area contributed by atoms with E-state index < -0.39 is 0 Å². The largest absolute Gasteiger partial charge is 0.396 e. The van der Waals surface area contributed by atoms with E-state index in [1.807, 2.05) is 13.8 Å². The van der Waals surface area contributed by atoms with Crippen LogP contribution in [0.2, 0.25) is 0 Å². The lowest BCUT2D eigenvalue weighted by atomic mass is 9.47. The first-order valence-electron chi connectivity index (χ1n) is 14.8. The summed E-state index contributed by atoms with van der Waals surface area (Å²) in [7, 11) is 0. The summed E-state index contributed by atoms with van der Waals surface area (Å²) in [6.07, 6.45) is 47.1. The second-order valence-electron chi connectivity index (χ2n) is 11.9. The topological polar surface area (TPSA) is 49.7 Å². The average molecular weight is 537 g/mol. The molecule has 1 saturated heterocycles. The molecular weight excluding hydrogens is 480 g/mol. The van der Waals surface area contributed by atoms with Gasteiger partial charge in [0, 0.05) is 6.61 Å². The summed E-state index contributed by atoms with van der Waals surface area (Å²) in [6.45, 7) is 11.6. The number of terminal acetylenes is 4. The van der Waals surface area contributed by atoms with Crippen LogP contribution in [0.25, 0.3) is 0 Å². The highest BCUT2D eigenvalue weighted by molar-refractivity contribution is 5.26. The molecule has 0 radical (unpaired) electrons. The second-order valence-corrected chi connectivity index (χ2v) is 11.9. The number of aliphatic hydroxyl groups excluding tert-OH is 2. The van der Waals surface area contributed by atoms with Gasteiger partial charge in [0.15, 0.2) is 0 Å². The Kier molecular flexibility index (Phi) is 16.6. The average Bonchev–Trinajstić information content (AvgIpc) is 3.54. The lowest BCUT2D eigenvalue weighted by Crippen LogP contribution is -2.50. The fraction of sp³-hybridized carbons (Fsp3) is 0.722. The number of hydrogen-bond donors (Lipinski definition) is 2. The summed E-state index contributed by atoms with van der Waals surface area (Å²) in [6, 6.07) is 0. The number of rotatable bonds is 4. The number of fused-ring (bicyclic) bond motifs is 7. The Bertz CT molecular complexity index is 794. The Morgan fingerprint density at radius 2 is 1.54 bits per heavy atom. The van der Waals surface area contributed by atoms with E-state index in [2.05, 4.69) is 78.2 Å². The minimum absolute atomic E-state index is 0.107. The molecule has 3 nitrogen and oxygen atoms in total. The lowest BCUT2D eigenvalue weighted by Gasteiger charge is -2.58. The van der Waals surface area contributed by atoms with Crippen LogP contribution in [0.15, 0.2) is 11.6 Å². The maximum atomic E-state index is 10.2. The Morgan fingerprint density at radius 3 is 2.13 bits per heavy atom. The highest BCUT2D eigenvalue weighted by atomic mass is 16.5. The van der Waals surface area contributed by atoms with Gasteiger partial charge in [-0.25, -0.2) is 0 Å². The fourth-order valence-electron chi connectivity index (χ4n) is 8.64. The van der Waals surface area contributed by atoms with Crippen molar-refractivity contribution in [3.8, 4) is 51.4 Å². The van der Waals surface area contributed by atoms with Crippen molar-refractivity contribution in [3.05, 3.63) is 11.6 Å². The zero-order valence-electron chi connectivity index (χ0n) is 25.4. The molecule has 0 bridgehead atoms. The molecular formula is C36H56O3. The molecule has 1 heterocycles. The van der Waals surface area contributed by atoms with Crippen LogP contribution in [0.1, 0.15) is 98.8 Å². The summed E-state index contributed by atoms with van der Waals surface area (Å²) in [4.78, 5) is 0. The van der Waals surface area contributed by atoms with Crippen LogP contribution in [-0.4, -0.2) is 35.1 Å². The molecule has 3 heteroatoms. The second kappa shape index (κ2) is 17.5. The molecule has 3 saturated carbocycles. The molecule has 4 unspecified atom stereocenters. The molecule has 0 aromatic carbocycles.